The third-order valence-electron chi connectivity index (χ3n) is 2.82. The number of nitrogens with one attached hydrogen (secondary N) is 2. The minimum absolute atomic E-state index is 0.0321. The summed E-state index contributed by atoms with van der Waals surface area (Å²) in [5.41, 5.74) is 1.55. The molecule has 15 heavy (non-hydrogen) atoms. The second kappa shape index (κ2) is 4.12. The molecule has 1 aliphatic heterocycles. The average molecular weight is 208 g/mol. The summed E-state index contributed by atoms with van der Waals surface area (Å²) in [4.78, 5) is 20.7. The fraction of sp³-hybridized carbons (Fsp3) is 0.600. The summed E-state index contributed by atoms with van der Waals surface area (Å²) in [6.07, 6.45) is 1.45. The van der Waals surface area contributed by atoms with E-state index in [1.54, 1.807) is 0 Å². The van der Waals surface area contributed by atoms with Crippen LogP contribution in [0.4, 0.5) is 0 Å². The van der Waals surface area contributed by atoms with Crippen molar-refractivity contribution in [1.29, 1.82) is 0 Å². The molecule has 1 aromatic heterocycles. The van der Waals surface area contributed by atoms with Crippen LogP contribution in [0.3, 0.4) is 0 Å². The molecular weight excluding hydrogens is 192 g/mol. The molecule has 1 fully saturated rings. The Balaban J connectivity index is 2.32. The van der Waals surface area contributed by atoms with Gasteiger partial charge >= 0.3 is 0 Å². The number of H-pyrrole nitrogens is 1. The van der Waals surface area contributed by atoms with Crippen LogP contribution < -0.4 is 10.9 Å². The number of aromatic amines is 1. The van der Waals surface area contributed by atoms with E-state index in [4.69, 9.17) is 0 Å². The lowest BCUT2D eigenvalue weighted by atomic mass is 10.1. The van der Waals surface area contributed by atoms with E-state index < -0.39 is 0 Å². The Bertz CT molecular complexity index is 401. The molecule has 0 aliphatic carbocycles. The summed E-state index contributed by atoms with van der Waals surface area (Å²) in [5, 5.41) is 3.35. The van der Waals surface area contributed by atoms with E-state index in [1.165, 1.54) is 6.33 Å². The predicted octanol–water partition coefficient (Wildman–Crippen LogP) is -0.346. The minimum atomic E-state index is -0.0321. The molecule has 5 heteroatoms. The maximum Gasteiger partial charge on any atom is 0.255 e. The zero-order chi connectivity index (χ0) is 10.8. The number of piperazine rings is 1. The molecule has 1 aromatic rings. The van der Waals surface area contributed by atoms with Crippen molar-refractivity contribution >= 4 is 0 Å². The Hall–Kier alpha value is -1.20. The van der Waals surface area contributed by atoms with Crippen LogP contribution in [-0.2, 0) is 0 Å². The van der Waals surface area contributed by atoms with Crippen molar-refractivity contribution in [1.82, 2.24) is 20.2 Å². The molecule has 1 unspecified atom stereocenters. The number of rotatable bonds is 1. The normalized spacial score (nSPS) is 22.9. The van der Waals surface area contributed by atoms with Crippen LogP contribution in [-0.4, -0.2) is 41.5 Å². The molecule has 1 aliphatic rings. The molecule has 2 rings (SSSR count). The van der Waals surface area contributed by atoms with Gasteiger partial charge in [-0.15, -0.1) is 0 Å². The number of aryl methyl sites for hydroxylation is 1. The Morgan fingerprint density at radius 3 is 3.07 bits per heavy atom. The van der Waals surface area contributed by atoms with Crippen LogP contribution in [0.15, 0.2) is 11.1 Å². The number of likely N-dealkylation sites (N-methyl/N-ethyl adjacent to an activating group) is 1. The minimum Gasteiger partial charge on any atom is -0.313 e. The lowest BCUT2D eigenvalue weighted by Crippen LogP contribution is -2.45. The second-order valence-electron chi connectivity index (χ2n) is 4.00. The highest BCUT2D eigenvalue weighted by atomic mass is 16.1. The van der Waals surface area contributed by atoms with Gasteiger partial charge in [-0.25, -0.2) is 4.98 Å². The largest absolute Gasteiger partial charge is 0.313 e. The van der Waals surface area contributed by atoms with Gasteiger partial charge in [0.1, 0.15) is 0 Å². The van der Waals surface area contributed by atoms with Crippen molar-refractivity contribution in [2.24, 2.45) is 0 Å². The van der Waals surface area contributed by atoms with E-state index in [1.807, 2.05) is 6.92 Å². The summed E-state index contributed by atoms with van der Waals surface area (Å²) in [6.45, 7) is 4.67. The molecule has 0 spiro atoms. The number of hydrogen-bond acceptors (Lipinski definition) is 4. The van der Waals surface area contributed by atoms with Crippen LogP contribution in [0, 0.1) is 6.92 Å². The molecule has 0 aromatic carbocycles. The van der Waals surface area contributed by atoms with E-state index >= 15 is 0 Å². The lowest BCUT2D eigenvalue weighted by Gasteiger charge is -2.30. The van der Waals surface area contributed by atoms with Crippen molar-refractivity contribution in [3.8, 4) is 0 Å². The first-order chi connectivity index (χ1) is 7.18. The number of aromatic nitrogens is 2. The van der Waals surface area contributed by atoms with Crippen molar-refractivity contribution in [3.63, 3.8) is 0 Å². The maximum atomic E-state index is 11.7. The Morgan fingerprint density at radius 1 is 1.60 bits per heavy atom. The molecule has 0 amide bonds. The number of hydrogen-bond donors (Lipinski definition) is 2. The predicted molar refractivity (Wildman–Crippen MR) is 57.8 cm³/mol. The molecule has 0 radical (unpaired) electrons. The van der Waals surface area contributed by atoms with Gasteiger partial charge in [0.2, 0.25) is 0 Å². The fourth-order valence-electron chi connectivity index (χ4n) is 2.00. The van der Waals surface area contributed by atoms with Gasteiger partial charge in [-0.05, 0) is 14.0 Å². The first-order valence-electron chi connectivity index (χ1n) is 5.14. The third-order valence-corrected chi connectivity index (χ3v) is 2.82. The zero-order valence-corrected chi connectivity index (χ0v) is 9.08. The smallest absolute Gasteiger partial charge is 0.255 e. The van der Waals surface area contributed by atoms with Gasteiger partial charge in [-0.2, -0.15) is 0 Å². The highest BCUT2D eigenvalue weighted by Crippen LogP contribution is 2.14. The Kier molecular flexibility index (Phi) is 2.83. The summed E-state index contributed by atoms with van der Waals surface area (Å²) >= 11 is 0. The third kappa shape index (κ3) is 2.08. The summed E-state index contributed by atoms with van der Waals surface area (Å²) in [6, 6.07) is 0.0983. The molecule has 2 N–H and O–H groups in total. The maximum absolute atomic E-state index is 11.7. The average Bonchev–Trinajstić information content (AvgIpc) is 2.17. The Morgan fingerprint density at radius 2 is 2.40 bits per heavy atom. The highest BCUT2D eigenvalue weighted by Gasteiger charge is 2.22. The van der Waals surface area contributed by atoms with Crippen LogP contribution in [0.1, 0.15) is 17.3 Å². The molecular formula is C10H16N4O. The van der Waals surface area contributed by atoms with E-state index in [2.05, 4.69) is 27.2 Å². The molecule has 1 saturated heterocycles. The summed E-state index contributed by atoms with van der Waals surface area (Å²) in [7, 11) is 2.06. The van der Waals surface area contributed by atoms with E-state index in [0.29, 0.717) is 0 Å². The van der Waals surface area contributed by atoms with Crippen molar-refractivity contribution in [2.75, 3.05) is 26.7 Å². The highest BCUT2D eigenvalue weighted by molar-refractivity contribution is 5.20. The van der Waals surface area contributed by atoms with Gasteiger partial charge in [-0.3, -0.25) is 4.79 Å². The monoisotopic (exact) mass is 208 g/mol. The van der Waals surface area contributed by atoms with E-state index in [-0.39, 0.29) is 11.6 Å². The van der Waals surface area contributed by atoms with Crippen LogP contribution in [0.5, 0.6) is 0 Å². The van der Waals surface area contributed by atoms with Crippen molar-refractivity contribution in [2.45, 2.75) is 13.0 Å². The second-order valence-corrected chi connectivity index (χ2v) is 4.00. The van der Waals surface area contributed by atoms with E-state index in [0.717, 1.165) is 30.9 Å². The van der Waals surface area contributed by atoms with Gasteiger partial charge in [0.15, 0.2) is 0 Å². The SMILES string of the molecule is Cc1nc[nH]c(=O)c1C1CN(C)CCN1. The standard InChI is InChI=1S/C10H16N4O/c1-7-9(10(15)13-6-12-7)8-5-14(2)4-3-11-8/h6,8,11H,3-5H2,1-2H3,(H,12,13,15). The quantitative estimate of drug-likeness (QED) is 0.662. The van der Waals surface area contributed by atoms with Gasteiger partial charge in [0.05, 0.1) is 17.9 Å². The number of nitrogens with zero attached hydrogens (tertiary/aromatic N) is 2. The first kappa shape index (κ1) is 10.3. The van der Waals surface area contributed by atoms with E-state index in [9.17, 15) is 4.79 Å². The molecule has 5 nitrogen and oxygen atoms in total. The topological polar surface area (TPSA) is 61.0 Å². The van der Waals surface area contributed by atoms with Crippen molar-refractivity contribution < 1.29 is 0 Å². The lowest BCUT2D eigenvalue weighted by molar-refractivity contribution is 0.239. The summed E-state index contributed by atoms with van der Waals surface area (Å²) in [5.74, 6) is 0. The van der Waals surface area contributed by atoms with Crippen molar-refractivity contribution in [3.05, 3.63) is 27.9 Å². The first-order valence-corrected chi connectivity index (χ1v) is 5.14. The molecule has 2 heterocycles. The molecule has 1 atom stereocenters. The molecule has 82 valence electrons. The van der Waals surface area contributed by atoms with Crippen LogP contribution in [0.25, 0.3) is 0 Å². The Labute approximate surface area is 88.5 Å². The summed E-state index contributed by atoms with van der Waals surface area (Å²) < 4.78 is 0. The molecule has 0 bridgehead atoms. The van der Waals surface area contributed by atoms with Gasteiger partial charge in [-0.1, -0.05) is 0 Å². The van der Waals surface area contributed by atoms with Crippen LogP contribution >= 0.6 is 0 Å². The van der Waals surface area contributed by atoms with Gasteiger partial charge in [0.25, 0.3) is 5.56 Å². The van der Waals surface area contributed by atoms with Gasteiger partial charge < -0.3 is 15.2 Å². The fourth-order valence-corrected chi connectivity index (χ4v) is 2.00. The molecule has 0 saturated carbocycles. The van der Waals surface area contributed by atoms with Crippen LogP contribution in [0.2, 0.25) is 0 Å². The van der Waals surface area contributed by atoms with Gasteiger partial charge in [0, 0.05) is 25.3 Å². The zero-order valence-electron chi connectivity index (χ0n) is 9.08.